The molecule has 2 rings (SSSR count). The fraction of sp³-hybridized carbons (Fsp3) is 0.125. The van der Waals surface area contributed by atoms with Gasteiger partial charge in [0.15, 0.2) is 0 Å². The SMILES string of the molecule is CNC(=O)c1ccc(NC(=O)c2ccccc2)c(OC)c1. The van der Waals surface area contributed by atoms with Crippen LogP contribution < -0.4 is 15.4 Å². The molecule has 2 aromatic rings. The maximum atomic E-state index is 12.1. The van der Waals surface area contributed by atoms with Gasteiger partial charge in [-0.2, -0.15) is 0 Å². The highest BCUT2D eigenvalue weighted by Gasteiger charge is 2.12. The maximum Gasteiger partial charge on any atom is 0.255 e. The molecular formula is C16H16N2O3. The first-order chi connectivity index (χ1) is 10.2. The molecule has 0 fully saturated rings. The lowest BCUT2D eigenvalue weighted by atomic mass is 10.1. The van der Waals surface area contributed by atoms with Crippen molar-refractivity contribution in [3.63, 3.8) is 0 Å². The summed E-state index contributed by atoms with van der Waals surface area (Å²) in [4.78, 5) is 23.7. The minimum absolute atomic E-state index is 0.214. The van der Waals surface area contributed by atoms with E-state index in [1.54, 1.807) is 49.5 Å². The molecule has 2 aromatic carbocycles. The van der Waals surface area contributed by atoms with E-state index in [4.69, 9.17) is 4.74 Å². The monoisotopic (exact) mass is 284 g/mol. The third-order valence-electron chi connectivity index (χ3n) is 2.97. The number of amides is 2. The number of nitrogens with one attached hydrogen (secondary N) is 2. The molecule has 5 nitrogen and oxygen atoms in total. The van der Waals surface area contributed by atoms with Crippen LogP contribution >= 0.6 is 0 Å². The van der Waals surface area contributed by atoms with Gasteiger partial charge in [-0.25, -0.2) is 0 Å². The Kier molecular flexibility index (Phi) is 4.56. The first-order valence-corrected chi connectivity index (χ1v) is 6.42. The minimum atomic E-state index is -0.235. The fourth-order valence-electron chi connectivity index (χ4n) is 1.86. The van der Waals surface area contributed by atoms with Crippen molar-refractivity contribution in [3.8, 4) is 5.75 Å². The van der Waals surface area contributed by atoms with Crippen LogP contribution in [0.3, 0.4) is 0 Å². The van der Waals surface area contributed by atoms with E-state index in [9.17, 15) is 9.59 Å². The normalized spacial score (nSPS) is 9.81. The molecule has 5 heteroatoms. The van der Waals surface area contributed by atoms with E-state index in [1.165, 1.54) is 7.11 Å². The zero-order chi connectivity index (χ0) is 15.2. The average Bonchev–Trinajstić information content (AvgIpc) is 2.55. The average molecular weight is 284 g/mol. The van der Waals surface area contributed by atoms with Crippen LogP contribution in [0.5, 0.6) is 5.75 Å². The van der Waals surface area contributed by atoms with Crippen molar-refractivity contribution in [1.29, 1.82) is 0 Å². The van der Waals surface area contributed by atoms with Gasteiger partial charge in [0.05, 0.1) is 12.8 Å². The molecule has 0 heterocycles. The van der Waals surface area contributed by atoms with E-state index in [2.05, 4.69) is 10.6 Å². The van der Waals surface area contributed by atoms with Crippen LogP contribution in [0.25, 0.3) is 0 Å². The number of anilines is 1. The van der Waals surface area contributed by atoms with Gasteiger partial charge in [0, 0.05) is 18.2 Å². The van der Waals surface area contributed by atoms with Gasteiger partial charge in [-0.05, 0) is 30.3 Å². The lowest BCUT2D eigenvalue weighted by molar-refractivity contribution is 0.0962. The Bertz CT molecular complexity index is 654. The van der Waals surface area contributed by atoms with Crippen LogP contribution in [0.15, 0.2) is 48.5 Å². The molecule has 0 spiro atoms. The third-order valence-corrected chi connectivity index (χ3v) is 2.97. The maximum absolute atomic E-state index is 12.1. The topological polar surface area (TPSA) is 67.4 Å². The second-order valence-electron chi connectivity index (χ2n) is 4.31. The fourth-order valence-corrected chi connectivity index (χ4v) is 1.86. The van der Waals surface area contributed by atoms with Crippen LogP contribution in [-0.4, -0.2) is 26.0 Å². The zero-order valence-corrected chi connectivity index (χ0v) is 11.8. The summed E-state index contributed by atoms with van der Waals surface area (Å²) in [5.74, 6) is -0.0174. The molecule has 0 bridgehead atoms. The van der Waals surface area contributed by atoms with Gasteiger partial charge in [-0.15, -0.1) is 0 Å². The third kappa shape index (κ3) is 3.39. The van der Waals surface area contributed by atoms with Gasteiger partial charge in [0.2, 0.25) is 0 Å². The number of rotatable bonds is 4. The Morgan fingerprint density at radius 2 is 1.67 bits per heavy atom. The van der Waals surface area contributed by atoms with Crippen molar-refractivity contribution >= 4 is 17.5 Å². The molecule has 0 aliphatic carbocycles. The number of ether oxygens (including phenoxy) is 1. The molecule has 0 aliphatic rings. The second kappa shape index (κ2) is 6.56. The Labute approximate surface area is 122 Å². The predicted molar refractivity (Wildman–Crippen MR) is 80.8 cm³/mol. The lowest BCUT2D eigenvalue weighted by Crippen LogP contribution is -2.18. The highest BCUT2D eigenvalue weighted by atomic mass is 16.5. The van der Waals surface area contributed by atoms with Gasteiger partial charge in [-0.1, -0.05) is 18.2 Å². The number of carbonyl (C=O) groups excluding carboxylic acids is 2. The van der Waals surface area contributed by atoms with Crippen molar-refractivity contribution < 1.29 is 14.3 Å². The van der Waals surface area contributed by atoms with Crippen molar-refractivity contribution in [2.45, 2.75) is 0 Å². The number of carbonyl (C=O) groups is 2. The van der Waals surface area contributed by atoms with Crippen molar-refractivity contribution in [1.82, 2.24) is 5.32 Å². The lowest BCUT2D eigenvalue weighted by Gasteiger charge is -2.11. The molecular weight excluding hydrogens is 268 g/mol. The summed E-state index contributed by atoms with van der Waals surface area (Å²) in [6.07, 6.45) is 0. The van der Waals surface area contributed by atoms with Gasteiger partial charge < -0.3 is 15.4 Å². The molecule has 0 unspecified atom stereocenters. The molecule has 0 saturated carbocycles. The first kappa shape index (κ1) is 14.6. The van der Waals surface area contributed by atoms with Crippen LogP contribution in [0, 0.1) is 0 Å². The van der Waals surface area contributed by atoms with Crippen LogP contribution in [0.2, 0.25) is 0 Å². The summed E-state index contributed by atoms with van der Waals surface area (Å²) < 4.78 is 5.22. The first-order valence-electron chi connectivity index (χ1n) is 6.42. The molecule has 2 N–H and O–H groups in total. The Morgan fingerprint density at radius 1 is 0.952 bits per heavy atom. The quantitative estimate of drug-likeness (QED) is 0.905. The van der Waals surface area contributed by atoms with Gasteiger partial charge >= 0.3 is 0 Å². The Hall–Kier alpha value is -2.82. The number of hydrogen-bond donors (Lipinski definition) is 2. The van der Waals surface area contributed by atoms with Gasteiger partial charge in [0.25, 0.3) is 11.8 Å². The molecule has 21 heavy (non-hydrogen) atoms. The molecule has 0 saturated heterocycles. The largest absolute Gasteiger partial charge is 0.495 e. The molecule has 108 valence electrons. The zero-order valence-electron chi connectivity index (χ0n) is 11.8. The highest BCUT2D eigenvalue weighted by Crippen LogP contribution is 2.26. The van der Waals surface area contributed by atoms with Gasteiger partial charge in [0.1, 0.15) is 5.75 Å². The molecule has 0 radical (unpaired) electrons. The smallest absolute Gasteiger partial charge is 0.255 e. The van der Waals surface area contributed by atoms with Crippen molar-refractivity contribution in [2.75, 3.05) is 19.5 Å². The summed E-state index contributed by atoms with van der Waals surface area (Å²) in [7, 11) is 3.04. The van der Waals surface area contributed by atoms with Crippen molar-refractivity contribution in [3.05, 3.63) is 59.7 Å². The number of methoxy groups -OCH3 is 1. The summed E-state index contributed by atoms with van der Waals surface area (Å²) in [5, 5.41) is 5.30. The number of hydrogen-bond acceptors (Lipinski definition) is 3. The van der Waals surface area contributed by atoms with Crippen LogP contribution in [0.4, 0.5) is 5.69 Å². The highest BCUT2D eigenvalue weighted by molar-refractivity contribution is 6.05. The summed E-state index contributed by atoms with van der Waals surface area (Å²) >= 11 is 0. The van der Waals surface area contributed by atoms with E-state index in [-0.39, 0.29) is 11.8 Å². The molecule has 2 amide bonds. The molecule has 0 atom stereocenters. The molecule has 0 aromatic heterocycles. The standard InChI is InChI=1S/C16H16N2O3/c1-17-15(19)12-8-9-13(14(10-12)21-2)18-16(20)11-6-4-3-5-7-11/h3-10H,1-2H3,(H,17,19)(H,18,20). The van der Waals surface area contributed by atoms with Crippen LogP contribution in [-0.2, 0) is 0 Å². The summed E-state index contributed by atoms with van der Waals surface area (Å²) in [6.45, 7) is 0. The van der Waals surface area contributed by atoms with E-state index < -0.39 is 0 Å². The van der Waals surface area contributed by atoms with E-state index in [1.807, 2.05) is 6.07 Å². The summed E-state index contributed by atoms with van der Waals surface area (Å²) in [5.41, 5.74) is 1.53. The number of benzene rings is 2. The van der Waals surface area contributed by atoms with Crippen molar-refractivity contribution in [2.24, 2.45) is 0 Å². The van der Waals surface area contributed by atoms with E-state index in [0.29, 0.717) is 22.6 Å². The minimum Gasteiger partial charge on any atom is -0.495 e. The summed E-state index contributed by atoms with van der Waals surface area (Å²) in [6, 6.07) is 13.7. The van der Waals surface area contributed by atoms with E-state index in [0.717, 1.165) is 0 Å². The Morgan fingerprint density at radius 3 is 2.29 bits per heavy atom. The Balaban J connectivity index is 2.24. The van der Waals surface area contributed by atoms with Crippen LogP contribution in [0.1, 0.15) is 20.7 Å². The van der Waals surface area contributed by atoms with Gasteiger partial charge in [-0.3, -0.25) is 9.59 Å². The second-order valence-corrected chi connectivity index (χ2v) is 4.31. The van der Waals surface area contributed by atoms with E-state index >= 15 is 0 Å². The predicted octanol–water partition coefficient (Wildman–Crippen LogP) is 2.31. The molecule has 0 aliphatic heterocycles.